The van der Waals surface area contributed by atoms with Gasteiger partial charge in [-0.3, -0.25) is 0 Å². The van der Waals surface area contributed by atoms with Gasteiger partial charge in [-0.05, 0) is 31.2 Å². The second-order valence-corrected chi connectivity index (χ2v) is 9.53. The number of thioether (sulfide) groups is 1. The molecule has 7 heteroatoms. The van der Waals surface area contributed by atoms with E-state index in [2.05, 4.69) is 39.4 Å². The molecule has 37 heavy (non-hydrogen) atoms. The SMILES string of the molecule is CCOC(=O)C1=C(Nc2ccccc2)SC=C(c2ccccc2)N=C1N1CCN(c2ccccc2)CC1. The van der Waals surface area contributed by atoms with Crippen molar-refractivity contribution in [2.75, 3.05) is 43.0 Å². The quantitative estimate of drug-likeness (QED) is 0.421. The van der Waals surface area contributed by atoms with E-state index in [1.165, 1.54) is 17.4 Å². The second kappa shape index (κ2) is 11.8. The Morgan fingerprint density at radius 3 is 2.11 bits per heavy atom. The highest BCUT2D eigenvalue weighted by molar-refractivity contribution is 8.06. The third kappa shape index (κ3) is 5.89. The average Bonchev–Trinajstić information content (AvgIpc) is 3.15. The van der Waals surface area contributed by atoms with Crippen molar-refractivity contribution in [3.63, 3.8) is 0 Å². The number of anilines is 2. The molecular weight excluding hydrogens is 480 g/mol. The first-order valence-electron chi connectivity index (χ1n) is 12.5. The fraction of sp³-hybridized carbons (Fsp3) is 0.200. The topological polar surface area (TPSA) is 57.2 Å². The van der Waals surface area contributed by atoms with Crippen molar-refractivity contribution in [2.45, 2.75) is 6.92 Å². The minimum absolute atomic E-state index is 0.291. The molecule has 2 aliphatic heterocycles. The van der Waals surface area contributed by atoms with Crippen LogP contribution in [0.5, 0.6) is 0 Å². The molecule has 0 unspecified atom stereocenters. The zero-order chi connectivity index (χ0) is 25.5. The number of carbonyl (C=O) groups is 1. The Bertz CT molecular complexity index is 1300. The number of aliphatic imine (C=N–C) groups is 1. The maximum Gasteiger partial charge on any atom is 0.344 e. The standard InChI is InChI=1S/C30H30N4O2S/c1-2-36-30(35)27-28(34-20-18-33(19-21-34)25-16-10-5-11-17-25)32-26(23-12-6-3-7-13-23)22-37-29(27)31-24-14-8-4-9-15-24/h3-17,22,31H,2,18-21H2,1H3. The number of hydrogen-bond acceptors (Lipinski definition) is 7. The van der Waals surface area contributed by atoms with Crippen LogP contribution in [-0.4, -0.2) is 49.5 Å². The van der Waals surface area contributed by atoms with Crippen molar-refractivity contribution < 1.29 is 9.53 Å². The van der Waals surface area contributed by atoms with Crippen molar-refractivity contribution >= 4 is 40.6 Å². The smallest absolute Gasteiger partial charge is 0.344 e. The highest BCUT2D eigenvalue weighted by Crippen LogP contribution is 2.34. The third-order valence-corrected chi connectivity index (χ3v) is 7.13. The van der Waals surface area contributed by atoms with Crippen molar-refractivity contribution in [2.24, 2.45) is 4.99 Å². The van der Waals surface area contributed by atoms with Crippen LogP contribution in [0.1, 0.15) is 12.5 Å². The molecule has 0 saturated carbocycles. The average molecular weight is 511 g/mol. The van der Waals surface area contributed by atoms with Gasteiger partial charge in [0.2, 0.25) is 0 Å². The summed E-state index contributed by atoms with van der Waals surface area (Å²) in [5.41, 5.74) is 4.39. The molecule has 3 aromatic rings. The summed E-state index contributed by atoms with van der Waals surface area (Å²) in [5, 5.41) is 6.18. The van der Waals surface area contributed by atoms with Crippen LogP contribution in [0.2, 0.25) is 0 Å². The van der Waals surface area contributed by atoms with Gasteiger partial charge in [0.05, 0.1) is 17.3 Å². The number of piperazine rings is 1. The Kier molecular flexibility index (Phi) is 7.91. The van der Waals surface area contributed by atoms with Gasteiger partial charge in [0.25, 0.3) is 0 Å². The van der Waals surface area contributed by atoms with Gasteiger partial charge in [-0.2, -0.15) is 0 Å². The van der Waals surface area contributed by atoms with Crippen molar-refractivity contribution in [1.29, 1.82) is 0 Å². The number of carbonyl (C=O) groups excluding carboxylic acids is 1. The van der Waals surface area contributed by atoms with Crippen LogP contribution in [0, 0.1) is 0 Å². The molecule has 0 aromatic heterocycles. The Labute approximate surface area is 222 Å². The monoisotopic (exact) mass is 510 g/mol. The molecular formula is C30H30N4O2S. The Balaban J connectivity index is 1.53. The van der Waals surface area contributed by atoms with Gasteiger partial charge in [0, 0.05) is 48.5 Å². The predicted molar refractivity (Wildman–Crippen MR) is 153 cm³/mol. The molecule has 5 rings (SSSR count). The van der Waals surface area contributed by atoms with Crippen molar-refractivity contribution in [3.05, 3.63) is 113 Å². The highest BCUT2D eigenvalue weighted by Gasteiger charge is 2.31. The van der Waals surface area contributed by atoms with E-state index in [-0.39, 0.29) is 5.97 Å². The minimum atomic E-state index is -0.375. The largest absolute Gasteiger partial charge is 0.462 e. The summed E-state index contributed by atoms with van der Waals surface area (Å²) < 4.78 is 5.57. The molecule has 0 aliphatic carbocycles. The zero-order valence-electron chi connectivity index (χ0n) is 20.8. The maximum atomic E-state index is 13.5. The summed E-state index contributed by atoms with van der Waals surface area (Å²) in [4.78, 5) is 23.1. The number of para-hydroxylation sites is 2. The summed E-state index contributed by atoms with van der Waals surface area (Å²) in [7, 11) is 0. The number of hydrogen-bond donors (Lipinski definition) is 1. The molecule has 0 bridgehead atoms. The van der Waals surface area contributed by atoms with Crippen molar-refractivity contribution in [3.8, 4) is 0 Å². The lowest BCUT2D eigenvalue weighted by Gasteiger charge is -2.38. The van der Waals surface area contributed by atoms with Crippen LogP contribution in [0.15, 0.2) is 112 Å². The van der Waals surface area contributed by atoms with Crippen LogP contribution >= 0.6 is 11.8 Å². The maximum absolute atomic E-state index is 13.5. The molecule has 0 radical (unpaired) electrons. The molecule has 0 amide bonds. The number of rotatable bonds is 6. The number of ether oxygens (including phenoxy) is 1. The Morgan fingerprint density at radius 1 is 0.865 bits per heavy atom. The lowest BCUT2D eigenvalue weighted by atomic mass is 10.1. The van der Waals surface area contributed by atoms with E-state index in [9.17, 15) is 4.79 Å². The van der Waals surface area contributed by atoms with Gasteiger partial charge in [-0.15, -0.1) is 0 Å². The lowest BCUT2D eigenvalue weighted by molar-refractivity contribution is -0.137. The first kappa shape index (κ1) is 24.7. The first-order valence-corrected chi connectivity index (χ1v) is 13.4. The van der Waals surface area contributed by atoms with Crippen LogP contribution in [0.4, 0.5) is 11.4 Å². The van der Waals surface area contributed by atoms with Crippen LogP contribution in [0.3, 0.4) is 0 Å². The molecule has 1 fully saturated rings. The Morgan fingerprint density at radius 2 is 1.46 bits per heavy atom. The molecule has 0 atom stereocenters. The number of esters is 1. The summed E-state index contributed by atoms with van der Waals surface area (Å²) in [6.45, 7) is 5.26. The first-order chi connectivity index (χ1) is 18.2. The van der Waals surface area contributed by atoms with Crippen LogP contribution < -0.4 is 10.2 Å². The Hall–Kier alpha value is -3.97. The van der Waals surface area contributed by atoms with Gasteiger partial charge in [0.15, 0.2) is 0 Å². The van der Waals surface area contributed by atoms with E-state index in [0.29, 0.717) is 23.0 Å². The molecule has 1 N–H and O–H groups in total. The predicted octanol–water partition coefficient (Wildman–Crippen LogP) is 5.84. The summed E-state index contributed by atoms with van der Waals surface area (Å²) in [5.74, 6) is 0.269. The van der Waals surface area contributed by atoms with Crippen LogP contribution in [-0.2, 0) is 9.53 Å². The number of nitrogens with zero attached hydrogens (tertiary/aromatic N) is 3. The minimum Gasteiger partial charge on any atom is -0.462 e. The highest BCUT2D eigenvalue weighted by atomic mass is 32.2. The molecule has 2 aliphatic rings. The van der Waals surface area contributed by atoms with Gasteiger partial charge in [-0.25, -0.2) is 9.79 Å². The molecule has 2 heterocycles. The van der Waals surface area contributed by atoms with E-state index in [1.807, 2.05) is 79.1 Å². The van der Waals surface area contributed by atoms with E-state index in [0.717, 1.165) is 43.1 Å². The van der Waals surface area contributed by atoms with Gasteiger partial charge in [-0.1, -0.05) is 78.5 Å². The normalized spacial score (nSPS) is 16.0. The van der Waals surface area contributed by atoms with Gasteiger partial charge < -0.3 is 19.9 Å². The fourth-order valence-corrected chi connectivity index (χ4v) is 5.28. The van der Waals surface area contributed by atoms with E-state index in [4.69, 9.17) is 9.73 Å². The molecule has 3 aromatic carbocycles. The molecule has 188 valence electrons. The number of amidine groups is 1. The van der Waals surface area contributed by atoms with Crippen molar-refractivity contribution in [1.82, 2.24) is 4.90 Å². The van der Waals surface area contributed by atoms with Crippen LogP contribution in [0.25, 0.3) is 5.70 Å². The number of nitrogens with one attached hydrogen (secondary N) is 1. The summed E-state index contributed by atoms with van der Waals surface area (Å²) in [6, 6.07) is 30.4. The second-order valence-electron chi connectivity index (χ2n) is 8.65. The zero-order valence-corrected chi connectivity index (χ0v) is 21.7. The van der Waals surface area contributed by atoms with E-state index >= 15 is 0 Å². The third-order valence-electron chi connectivity index (χ3n) is 6.25. The molecule has 1 saturated heterocycles. The summed E-state index contributed by atoms with van der Waals surface area (Å²) >= 11 is 1.46. The van der Waals surface area contributed by atoms with E-state index < -0.39 is 0 Å². The fourth-order valence-electron chi connectivity index (χ4n) is 4.39. The molecule has 0 spiro atoms. The lowest BCUT2D eigenvalue weighted by Crippen LogP contribution is -2.50. The van der Waals surface area contributed by atoms with Gasteiger partial charge in [0.1, 0.15) is 11.4 Å². The van der Waals surface area contributed by atoms with E-state index in [1.54, 1.807) is 0 Å². The summed E-state index contributed by atoms with van der Waals surface area (Å²) in [6.07, 6.45) is 0. The molecule has 6 nitrogen and oxygen atoms in total. The number of benzene rings is 3. The van der Waals surface area contributed by atoms with Gasteiger partial charge >= 0.3 is 5.97 Å².